The molecule has 1 aromatic heterocycles. The van der Waals surface area contributed by atoms with Crippen LogP contribution in [0.25, 0.3) is 0 Å². The number of carbonyl (C=O) groups excluding carboxylic acids is 1. The number of carbonyl (C=O) groups is 1. The molecule has 2 N–H and O–H groups in total. The first-order chi connectivity index (χ1) is 19.4. The van der Waals surface area contributed by atoms with Crippen molar-refractivity contribution in [1.29, 1.82) is 0 Å². The van der Waals surface area contributed by atoms with E-state index in [2.05, 4.69) is 50.1 Å². The zero-order valence-corrected chi connectivity index (χ0v) is 23.9. The van der Waals surface area contributed by atoms with Crippen LogP contribution in [0.1, 0.15) is 35.4 Å². The number of aromatic nitrogens is 2. The van der Waals surface area contributed by atoms with Gasteiger partial charge in [-0.2, -0.15) is 0 Å². The number of anilines is 4. The van der Waals surface area contributed by atoms with E-state index < -0.39 is 0 Å². The molecule has 210 valence electrons. The average Bonchev–Trinajstić information content (AvgIpc) is 3.81. The van der Waals surface area contributed by atoms with Crippen LogP contribution in [0.15, 0.2) is 49.3 Å². The van der Waals surface area contributed by atoms with Crippen molar-refractivity contribution in [3.8, 4) is 11.5 Å². The van der Waals surface area contributed by atoms with E-state index in [0.29, 0.717) is 34.1 Å². The summed E-state index contributed by atoms with van der Waals surface area (Å²) in [6.45, 7) is 9.72. The summed E-state index contributed by atoms with van der Waals surface area (Å²) in [4.78, 5) is 25.8. The molecule has 2 aromatic carbocycles. The Morgan fingerprint density at radius 1 is 1.18 bits per heavy atom. The van der Waals surface area contributed by atoms with E-state index in [0.717, 1.165) is 48.7 Å². The molecule has 5 rings (SSSR count). The van der Waals surface area contributed by atoms with Gasteiger partial charge in [-0.3, -0.25) is 4.79 Å². The fraction of sp³-hybridized carbons (Fsp3) is 0.367. The molecule has 0 atom stereocenters. The predicted octanol–water partition coefficient (Wildman–Crippen LogP) is 5.52. The second-order valence-electron chi connectivity index (χ2n) is 10.2. The predicted molar refractivity (Wildman–Crippen MR) is 159 cm³/mol. The van der Waals surface area contributed by atoms with Gasteiger partial charge in [0.15, 0.2) is 5.75 Å². The van der Waals surface area contributed by atoms with Crippen molar-refractivity contribution in [2.45, 2.75) is 32.3 Å². The summed E-state index contributed by atoms with van der Waals surface area (Å²) in [5.74, 6) is 1.84. The van der Waals surface area contributed by atoms with Crippen LogP contribution in [0.4, 0.5) is 23.0 Å². The van der Waals surface area contributed by atoms with Crippen LogP contribution in [0, 0.1) is 6.92 Å². The summed E-state index contributed by atoms with van der Waals surface area (Å²) in [6.07, 6.45) is 6.85. The number of halogens is 1. The zero-order chi connectivity index (χ0) is 28.2. The number of methoxy groups -OCH3 is 1. The lowest BCUT2D eigenvalue weighted by Gasteiger charge is -2.35. The molecule has 40 heavy (non-hydrogen) atoms. The molecule has 0 radical (unpaired) electrons. The number of amides is 1. The van der Waals surface area contributed by atoms with Crippen molar-refractivity contribution in [1.82, 2.24) is 14.9 Å². The van der Waals surface area contributed by atoms with Gasteiger partial charge in [0.25, 0.3) is 0 Å². The summed E-state index contributed by atoms with van der Waals surface area (Å²) in [7, 11) is 3.76. The van der Waals surface area contributed by atoms with E-state index in [1.807, 2.05) is 25.1 Å². The Labute approximate surface area is 240 Å². The molecule has 3 aromatic rings. The van der Waals surface area contributed by atoms with Crippen molar-refractivity contribution >= 4 is 40.5 Å². The van der Waals surface area contributed by atoms with Gasteiger partial charge in [-0.15, -0.1) is 0 Å². The van der Waals surface area contributed by atoms with Crippen LogP contribution in [0.5, 0.6) is 11.5 Å². The highest BCUT2D eigenvalue weighted by atomic mass is 35.5. The van der Waals surface area contributed by atoms with E-state index in [9.17, 15) is 4.79 Å². The number of nitrogens with one attached hydrogen (secondary N) is 2. The van der Waals surface area contributed by atoms with Gasteiger partial charge < -0.3 is 29.9 Å². The molecule has 9 nitrogen and oxygen atoms in total. The standard InChI is InChI=1S/C30H35ClN6O3/c1-5-27(38)34-24-8-9-25(37-12-10-36(3)11-13-37)19(2)29(24)35-30-32-16-23(17-33-30)40-18-22-14-21(20-6-7-20)15-26(39-4)28(22)31/h5,8-9,14-17,20H,1,6-7,10-13,18H2,2-4H3,(H,34,38)(H,32,33,35). The molecule has 0 bridgehead atoms. The molecule has 1 aliphatic carbocycles. The Morgan fingerprint density at radius 3 is 2.55 bits per heavy atom. The number of hydrogen-bond donors (Lipinski definition) is 2. The monoisotopic (exact) mass is 562 g/mol. The molecule has 1 saturated carbocycles. The van der Waals surface area contributed by atoms with Gasteiger partial charge in [-0.25, -0.2) is 9.97 Å². The smallest absolute Gasteiger partial charge is 0.247 e. The second-order valence-corrected chi connectivity index (χ2v) is 10.6. The van der Waals surface area contributed by atoms with Gasteiger partial charge in [0.1, 0.15) is 12.4 Å². The highest BCUT2D eigenvalue weighted by molar-refractivity contribution is 6.32. The lowest BCUT2D eigenvalue weighted by Crippen LogP contribution is -2.44. The summed E-state index contributed by atoms with van der Waals surface area (Å²) in [5, 5.41) is 6.75. The van der Waals surface area contributed by atoms with Crippen molar-refractivity contribution in [2.75, 3.05) is 55.9 Å². The minimum atomic E-state index is -0.291. The lowest BCUT2D eigenvalue weighted by molar-refractivity contribution is -0.111. The van der Waals surface area contributed by atoms with Gasteiger partial charge in [0.05, 0.1) is 35.9 Å². The first-order valence-corrected chi connectivity index (χ1v) is 13.8. The molecule has 10 heteroatoms. The van der Waals surface area contributed by atoms with Crippen molar-refractivity contribution in [3.05, 3.63) is 71.0 Å². The number of ether oxygens (including phenoxy) is 2. The van der Waals surface area contributed by atoms with Crippen LogP contribution >= 0.6 is 11.6 Å². The Morgan fingerprint density at radius 2 is 1.90 bits per heavy atom. The summed E-state index contributed by atoms with van der Waals surface area (Å²) >= 11 is 6.55. The third-order valence-corrected chi connectivity index (χ3v) is 7.82. The topological polar surface area (TPSA) is 91.9 Å². The maximum absolute atomic E-state index is 12.1. The van der Waals surface area contributed by atoms with Gasteiger partial charge >= 0.3 is 0 Å². The number of nitrogens with zero attached hydrogens (tertiary/aromatic N) is 4. The normalized spacial score (nSPS) is 15.4. The number of rotatable bonds is 10. The van der Waals surface area contributed by atoms with Crippen LogP contribution in [-0.4, -0.2) is 61.1 Å². The molecule has 0 unspecified atom stereocenters. The number of benzene rings is 2. The van der Waals surface area contributed by atoms with E-state index in [1.165, 1.54) is 24.5 Å². The Hall–Kier alpha value is -3.82. The van der Waals surface area contributed by atoms with Gasteiger partial charge in [-0.1, -0.05) is 24.2 Å². The third-order valence-electron chi connectivity index (χ3n) is 7.39. The molecule has 1 amide bonds. The molecule has 2 heterocycles. The van der Waals surface area contributed by atoms with Gasteiger partial charge in [-0.05, 0) is 68.1 Å². The van der Waals surface area contributed by atoms with Crippen molar-refractivity contribution < 1.29 is 14.3 Å². The minimum Gasteiger partial charge on any atom is -0.495 e. The Bertz CT molecular complexity index is 1390. The molecule has 2 aliphatic rings. The molecule has 1 aliphatic heterocycles. The number of likely N-dealkylation sites (N-methyl/N-ethyl adjacent to an activating group) is 1. The second kappa shape index (κ2) is 12.1. The largest absolute Gasteiger partial charge is 0.495 e. The first-order valence-electron chi connectivity index (χ1n) is 13.4. The van der Waals surface area contributed by atoms with E-state index >= 15 is 0 Å². The number of hydrogen-bond acceptors (Lipinski definition) is 8. The van der Waals surface area contributed by atoms with Crippen molar-refractivity contribution in [2.24, 2.45) is 0 Å². The lowest BCUT2D eigenvalue weighted by atomic mass is 10.1. The highest BCUT2D eigenvalue weighted by Crippen LogP contribution is 2.44. The van der Waals surface area contributed by atoms with Crippen molar-refractivity contribution in [3.63, 3.8) is 0 Å². The zero-order valence-electron chi connectivity index (χ0n) is 23.2. The fourth-order valence-electron chi connectivity index (χ4n) is 4.85. The van der Waals surface area contributed by atoms with Gasteiger partial charge in [0.2, 0.25) is 11.9 Å². The van der Waals surface area contributed by atoms with Crippen LogP contribution in [0.2, 0.25) is 5.02 Å². The van der Waals surface area contributed by atoms with Crippen LogP contribution in [0.3, 0.4) is 0 Å². The van der Waals surface area contributed by atoms with E-state index in [1.54, 1.807) is 19.5 Å². The fourth-order valence-corrected chi connectivity index (χ4v) is 5.09. The van der Waals surface area contributed by atoms with Crippen LogP contribution in [-0.2, 0) is 11.4 Å². The van der Waals surface area contributed by atoms with Crippen LogP contribution < -0.4 is 25.0 Å². The molecule has 0 spiro atoms. The third kappa shape index (κ3) is 6.32. The summed E-state index contributed by atoms with van der Waals surface area (Å²) in [5.41, 5.74) is 5.55. The van der Waals surface area contributed by atoms with E-state index in [4.69, 9.17) is 21.1 Å². The summed E-state index contributed by atoms with van der Waals surface area (Å²) in [6, 6.07) is 8.05. The van der Waals surface area contributed by atoms with Gasteiger partial charge in [0, 0.05) is 37.4 Å². The SMILES string of the molecule is C=CC(=O)Nc1ccc(N2CCN(C)CC2)c(C)c1Nc1ncc(OCc2cc(C3CC3)cc(OC)c2Cl)cn1. The molecular formula is C30H35ClN6O3. The highest BCUT2D eigenvalue weighted by Gasteiger charge is 2.26. The number of piperazine rings is 1. The maximum atomic E-state index is 12.1. The molecule has 2 fully saturated rings. The molecular weight excluding hydrogens is 528 g/mol. The molecule has 1 saturated heterocycles. The van der Waals surface area contributed by atoms with E-state index in [-0.39, 0.29) is 12.5 Å². The Kier molecular flexibility index (Phi) is 8.42. The minimum absolute atomic E-state index is 0.274. The maximum Gasteiger partial charge on any atom is 0.247 e. The quantitative estimate of drug-likeness (QED) is 0.312. The Balaban J connectivity index is 1.33. The average molecular weight is 563 g/mol. The first kappa shape index (κ1) is 27.7. The summed E-state index contributed by atoms with van der Waals surface area (Å²) < 4.78 is 11.5.